The number of benzene rings is 5. The molecule has 0 radical (unpaired) electrons. The molecule has 9 aromatic rings. The van der Waals surface area contributed by atoms with Gasteiger partial charge in [-0.05, 0) is 35.1 Å². The van der Waals surface area contributed by atoms with E-state index in [1.807, 2.05) is 0 Å². The van der Waals surface area contributed by atoms with Crippen molar-refractivity contribution in [1.82, 2.24) is 8.80 Å². The van der Waals surface area contributed by atoms with Crippen LogP contribution in [0.5, 0.6) is 0 Å². The molecule has 182 valence electrons. The number of para-hydroxylation sites is 4. The van der Waals surface area contributed by atoms with Crippen molar-refractivity contribution in [3.63, 3.8) is 0 Å². The normalized spacial score (nSPS) is 13.2. The SMILES string of the molecule is CC(C)c1cccc2c3c4c5ccccc5n5c6c(C(C)C)cccc6c(c6c7ccccc7n(c12)c63)c45. The first kappa shape index (κ1) is 20.7. The molecule has 0 aliphatic carbocycles. The zero-order valence-corrected chi connectivity index (χ0v) is 22.1. The predicted molar refractivity (Wildman–Crippen MR) is 164 cm³/mol. The van der Waals surface area contributed by atoms with Crippen molar-refractivity contribution in [1.29, 1.82) is 0 Å². The third kappa shape index (κ3) is 2.16. The lowest BCUT2D eigenvalue weighted by molar-refractivity contribution is 0.872. The van der Waals surface area contributed by atoms with Gasteiger partial charge in [0.05, 0.1) is 33.1 Å². The molecule has 2 nitrogen and oxygen atoms in total. The highest BCUT2D eigenvalue weighted by Gasteiger charge is 2.29. The maximum atomic E-state index is 2.59. The van der Waals surface area contributed by atoms with Crippen molar-refractivity contribution in [2.45, 2.75) is 39.5 Å². The molecule has 0 fully saturated rings. The molecule has 38 heavy (non-hydrogen) atoms. The largest absolute Gasteiger partial charge is 0.308 e. The summed E-state index contributed by atoms with van der Waals surface area (Å²) in [6.07, 6.45) is 0. The van der Waals surface area contributed by atoms with Crippen molar-refractivity contribution in [3.05, 3.63) is 96.1 Å². The Morgan fingerprint density at radius 2 is 0.763 bits per heavy atom. The second kappa shape index (κ2) is 6.76. The highest BCUT2D eigenvalue weighted by atomic mass is 14.9. The summed E-state index contributed by atoms with van der Waals surface area (Å²) in [5, 5.41) is 11.1. The van der Waals surface area contributed by atoms with Crippen molar-refractivity contribution in [2.75, 3.05) is 0 Å². The number of hydrogen-bond acceptors (Lipinski definition) is 0. The number of nitrogens with zero attached hydrogens (tertiary/aromatic N) is 2. The highest BCUT2D eigenvalue weighted by Crippen LogP contribution is 2.52. The van der Waals surface area contributed by atoms with Gasteiger partial charge in [0.15, 0.2) is 0 Å². The van der Waals surface area contributed by atoms with Gasteiger partial charge < -0.3 is 8.80 Å². The van der Waals surface area contributed by atoms with Gasteiger partial charge in [-0.25, -0.2) is 0 Å². The molecule has 4 aromatic heterocycles. The maximum Gasteiger partial charge on any atom is 0.0634 e. The second-order valence-electron chi connectivity index (χ2n) is 11.7. The summed E-state index contributed by atoms with van der Waals surface area (Å²) in [5.41, 5.74) is 10.9. The Labute approximate surface area is 220 Å². The van der Waals surface area contributed by atoms with Crippen LogP contribution in [0.3, 0.4) is 0 Å². The zero-order valence-electron chi connectivity index (χ0n) is 22.1. The molecule has 0 aliphatic heterocycles. The van der Waals surface area contributed by atoms with E-state index in [9.17, 15) is 0 Å². The van der Waals surface area contributed by atoms with Crippen molar-refractivity contribution in [2.24, 2.45) is 0 Å². The summed E-state index contributed by atoms with van der Waals surface area (Å²) in [5.74, 6) is 0.878. The van der Waals surface area contributed by atoms with Crippen LogP contribution in [-0.2, 0) is 0 Å². The van der Waals surface area contributed by atoms with Crippen LogP contribution in [-0.4, -0.2) is 8.80 Å². The minimum Gasteiger partial charge on any atom is -0.308 e. The Kier molecular flexibility index (Phi) is 3.69. The molecule has 0 unspecified atom stereocenters. The first-order valence-electron chi connectivity index (χ1n) is 13.9. The summed E-state index contributed by atoms with van der Waals surface area (Å²) in [6, 6.07) is 32.0. The van der Waals surface area contributed by atoms with Crippen LogP contribution >= 0.6 is 0 Å². The van der Waals surface area contributed by atoms with Crippen LogP contribution < -0.4 is 0 Å². The van der Waals surface area contributed by atoms with Gasteiger partial charge in [0, 0.05) is 43.1 Å². The van der Waals surface area contributed by atoms with Gasteiger partial charge in [-0.15, -0.1) is 0 Å². The second-order valence-corrected chi connectivity index (χ2v) is 11.7. The van der Waals surface area contributed by atoms with Gasteiger partial charge in [-0.3, -0.25) is 0 Å². The van der Waals surface area contributed by atoms with Gasteiger partial charge in [-0.2, -0.15) is 0 Å². The molecule has 0 atom stereocenters. The fraction of sp³-hybridized carbons (Fsp3) is 0.167. The fourth-order valence-electron chi connectivity index (χ4n) is 7.64. The van der Waals surface area contributed by atoms with E-state index in [0.29, 0.717) is 11.8 Å². The lowest BCUT2D eigenvalue weighted by atomic mass is 9.94. The highest BCUT2D eigenvalue weighted by molar-refractivity contribution is 6.45. The van der Waals surface area contributed by atoms with E-state index in [1.54, 1.807) is 0 Å². The third-order valence-electron chi connectivity index (χ3n) is 9.09. The summed E-state index contributed by atoms with van der Waals surface area (Å²) >= 11 is 0. The Morgan fingerprint density at radius 1 is 0.395 bits per heavy atom. The summed E-state index contributed by atoms with van der Waals surface area (Å²) < 4.78 is 5.19. The molecule has 4 heterocycles. The summed E-state index contributed by atoms with van der Waals surface area (Å²) in [6.45, 7) is 9.28. The quantitative estimate of drug-likeness (QED) is 0.229. The molecular formula is C36H28N2. The molecule has 9 rings (SSSR count). The van der Waals surface area contributed by atoms with Gasteiger partial charge in [-0.1, -0.05) is 100 Å². The maximum absolute atomic E-state index is 2.59. The van der Waals surface area contributed by atoms with Crippen LogP contribution in [0.15, 0.2) is 84.9 Å². The lowest BCUT2D eigenvalue weighted by Crippen LogP contribution is -1.91. The third-order valence-corrected chi connectivity index (χ3v) is 9.09. The van der Waals surface area contributed by atoms with Gasteiger partial charge in [0.2, 0.25) is 0 Å². The number of hydrogen-bond donors (Lipinski definition) is 0. The Hall–Kier alpha value is -4.30. The first-order valence-corrected chi connectivity index (χ1v) is 13.9. The van der Waals surface area contributed by atoms with Crippen LogP contribution in [0, 0.1) is 0 Å². The zero-order chi connectivity index (χ0) is 25.4. The van der Waals surface area contributed by atoms with E-state index in [1.165, 1.54) is 87.3 Å². The lowest BCUT2D eigenvalue weighted by Gasteiger charge is -2.09. The molecule has 0 N–H and O–H groups in total. The number of rotatable bonds is 2. The van der Waals surface area contributed by atoms with Crippen molar-refractivity contribution < 1.29 is 0 Å². The Balaban J connectivity index is 1.77. The first-order chi connectivity index (χ1) is 18.6. The van der Waals surface area contributed by atoms with Crippen LogP contribution in [0.2, 0.25) is 0 Å². The average molecular weight is 489 g/mol. The molecule has 0 saturated heterocycles. The minimum atomic E-state index is 0.439. The predicted octanol–water partition coefficient (Wildman–Crippen LogP) is 10.2. The van der Waals surface area contributed by atoms with Crippen molar-refractivity contribution in [3.8, 4) is 0 Å². The van der Waals surface area contributed by atoms with Gasteiger partial charge in [0.25, 0.3) is 0 Å². The van der Waals surface area contributed by atoms with Crippen LogP contribution in [0.1, 0.15) is 50.7 Å². The monoisotopic (exact) mass is 488 g/mol. The van der Waals surface area contributed by atoms with Crippen LogP contribution in [0.4, 0.5) is 0 Å². The molecule has 0 bridgehead atoms. The smallest absolute Gasteiger partial charge is 0.0634 e. The number of aromatic nitrogens is 2. The molecule has 0 amide bonds. The molecule has 2 heteroatoms. The van der Waals surface area contributed by atoms with E-state index < -0.39 is 0 Å². The van der Waals surface area contributed by atoms with E-state index in [0.717, 1.165) is 0 Å². The van der Waals surface area contributed by atoms with Crippen LogP contribution in [0.25, 0.3) is 76.2 Å². The summed E-state index contributed by atoms with van der Waals surface area (Å²) in [7, 11) is 0. The van der Waals surface area contributed by atoms with E-state index in [2.05, 4.69) is 121 Å². The van der Waals surface area contributed by atoms with Gasteiger partial charge >= 0.3 is 0 Å². The van der Waals surface area contributed by atoms with Crippen molar-refractivity contribution >= 4 is 76.2 Å². The minimum absolute atomic E-state index is 0.439. The average Bonchev–Trinajstić information content (AvgIpc) is 3.64. The Bertz CT molecular complexity index is 2220. The van der Waals surface area contributed by atoms with E-state index >= 15 is 0 Å². The Morgan fingerprint density at radius 3 is 1.18 bits per heavy atom. The molecule has 5 aromatic carbocycles. The van der Waals surface area contributed by atoms with Gasteiger partial charge in [0.1, 0.15) is 0 Å². The summed E-state index contributed by atoms with van der Waals surface area (Å²) in [4.78, 5) is 0. The van der Waals surface area contributed by atoms with E-state index in [-0.39, 0.29) is 0 Å². The molecule has 0 aliphatic rings. The standard InChI is InChI=1S/C36H28N2/c1-19(2)21-13-9-15-25-31-29-24-12-6-8-18-28(24)38-34-22(20(3)4)14-10-16-26(34)32(36(29)38)30-23-11-5-7-17-27(23)37(33(21)25)35(30)31/h5-20H,1-4H3. The molecular weight excluding hydrogens is 460 g/mol. The van der Waals surface area contributed by atoms with E-state index in [4.69, 9.17) is 0 Å². The number of fused-ring (bicyclic) bond motifs is 14. The molecule has 0 spiro atoms. The fourth-order valence-corrected chi connectivity index (χ4v) is 7.64. The topological polar surface area (TPSA) is 8.82 Å². The molecule has 0 saturated carbocycles.